The maximum absolute atomic E-state index is 12.0. The number of H-pyrrole nitrogens is 1. The molecule has 21 heavy (non-hydrogen) atoms. The Bertz CT molecular complexity index is 844. The molecule has 0 atom stereocenters. The molecule has 0 aromatic carbocycles. The number of hydrogen-bond donors (Lipinski definition) is 2. The molecule has 0 aliphatic carbocycles. The van der Waals surface area contributed by atoms with Crippen molar-refractivity contribution in [2.24, 2.45) is 0 Å². The number of aromatic nitrogens is 5. The summed E-state index contributed by atoms with van der Waals surface area (Å²) >= 11 is 0. The third-order valence-corrected chi connectivity index (χ3v) is 3.06. The first-order valence-electron chi connectivity index (χ1n) is 6.55. The van der Waals surface area contributed by atoms with Gasteiger partial charge in [-0.05, 0) is 18.6 Å². The molecule has 2 N–H and O–H groups in total. The highest BCUT2D eigenvalue weighted by molar-refractivity contribution is 5.89. The molecular formula is C13H14N6O2. The van der Waals surface area contributed by atoms with Gasteiger partial charge in [-0.2, -0.15) is 5.10 Å². The molecule has 0 aliphatic heterocycles. The van der Waals surface area contributed by atoms with E-state index in [0.29, 0.717) is 11.5 Å². The van der Waals surface area contributed by atoms with E-state index in [-0.39, 0.29) is 18.1 Å². The molecule has 0 aliphatic rings. The van der Waals surface area contributed by atoms with Crippen molar-refractivity contribution in [2.75, 3.05) is 5.32 Å². The Balaban J connectivity index is 1.77. The Morgan fingerprint density at radius 2 is 2.29 bits per heavy atom. The number of nitrogens with zero attached hydrogens (tertiary/aromatic N) is 4. The summed E-state index contributed by atoms with van der Waals surface area (Å²) in [6, 6.07) is 6.97. The second-order valence-corrected chi connectivity index (χ2v) is 4.55. The summed E-state index contributed by atoms with van der Waals surface area (Å²) in [4.78, 5) is 24.0. The van der Waals surface area contributed by atoms with Gasteiger partial charge in [-0.25, -0.2) is 9.48 Å². The lowest BCUT2D eigenvalue weighted by atomic mass is 10.3. The quantitative estimate of drug-likeness (QED) is 0.726. The molecule has 3 aromatic heterocycles. The number of carbonyl (C=O) groups is 1. The predicted octanol–water partition coefficient (Wildman–Crippen LogP) is 0.420. The average Bonchev–Trinajstić information content (AvgIpc) is 3.05. The molecule has 0 radical (unpaired) electrons. The van der Waals surface area contributed by atoms with Gasteiger partial charge in [0.15, 0.2) is 11.5 Å². The number of nitrogens with one attached hydrogen (secondary N) is 2. The first kappa shape index (κ1) is 13.1. The summed E-state index contributed by atoms with van der Waals surface area (Å²) in [7, 11) is 0. The van der Waals surface area contributed by atoms with Gasteiger partial charge in [0.2, 0.25) is 5.91 Å². The van der Waals surface area contributed by atoms with Gasteiger partial charge in [0.05, 0.1) is 0 Å². The topological polar surface area (TPSA) is 97.1 Å². The number of fused-ring (bicyclic) bond motifs is 1. The van der Waals surface area contributed by atoms with Crippen molar-refractivity contribution < 1.29 is 4.79 Å². The normalized spacial score (nSPS) is 10.9. The lowest BCUT2D eigenvalue weighted by molar-refractivity contribution is -0.117. The molecule has 1 amide bonds. The van der Waals surface area contributed by atoms with Crippen LogP contribution in [0.25, 0.3) is 5.65 Å². The third-order valence-electron chi connectivity index (χ3n) is 3.06. The number of aryl methyl sites for hydroxylation is 1. The maximum atomic E-state index is 12.0. The van der Waals surface area contributed by atoms with E-state index >= 15 is 0 Å². The van der Waals surface area contributed by atoms with E-state index in [0.717, 1.165) is 16.8 Å². The minimum absolute atomic E-state index is 0.158. The van der Waals surface area contributed by atoms with Crippen molar-refractivity contribution >= 4 is 17.4 Å². The Hall–Kier alpha value is -2.90. The highest BCUT2D eigenvalue weighted by Gasteiger charge is 2.11. The van der Waals surface area contributed by atoms with Crippen molar-refractivity contribution in [3.8, 4) is 0 Å². The fourth-order valence-corrected chi connectivity index (χ4v) is 2.00. The summed E-state index contributed by atoms with van der Waals surface area (Å²) in [5.41, 5.74) is 1.08. The minimum Gasteiger partial charge on any atom is -0.308 e. The number of carbonyl (C=O) groups excluding carboxylic acids is 1. The van der Waals surface area contributed by atoms with Crippen LogP contribution in [0.4, 0.5) is 5.82 Å². The Kier molecular flexibility index (Phi) is 3.27. The van der Waals surface area contributed by atoms with E-state index in [1.54, 1.807) is 30.5 Å². The molecule has 0 unspecified atom stereocenters. The molecule has 0 bridgehead atoms. The number of amides is 1. The first-order chi connectivity index (χ1) is 10.2. The zero-order chi connectivity index (χ0) is 14.8. The van der Waals surface area contributed by atoms with Gasteiger partial charge in [0, 0.05) is 18.0 Å². The molecule has 108 valence electrons. The number of aromatic amines is 1. The van der Waals surface area contributed by atoms with Gasteiger partial charge >= 0.3 is 5.69 Å². The van der Waals surface area contributed by atoms with Gasteiger partial charge in [0.25, 0.3) is 0 Å². The Morgan fingerprint density at radius 1 is 1.43 bits per heavy atom. The highest BCUT2D eigenvalue weighted by Crippen LogP contribution is 2.05. The molecule has 0 spiro atoms. The van der Waals surface area contributed by atoms with E-state index in [1.165, 1.54) is 4.40 Å². The smallest absolute Gasteiger partial charge is 0.308 e. The predicted molar refractivity (Wildman–Crippen MR) is 76.0 cm³/mol. The molecule has 8 heteroatoms. The van der Waals surface area contributed by atoms with Crippen LogP contribution < -0.4 is 11.0 Å². The second-order valence-electron chi connectivity index (χ2n) is 4.55. The van der Waals surface area contributed by atoms with Crippen molar-refractivity contribution in [3.63, 3.8) is 0 Å². The van der Waals surface area contributed by atoms with Crippen molar-refractivity contribution in [1.82, 2.24) is 24.4 Å². The van der Waals surface area contributed by atoms with Crippen LogP contribution in [0.2, 0.25) is 0 Å². The molecule has 0 fully saturated rings. The van der Waals surface area contributed by atoms with Gasteiger partial charge in [-0.1, -0.05) is 13.0 Å². The van der Waals surface area contributed by atoms with Crippen LogP contribution >= 0.6 is 0 Å². The SMILES string of the molecule is CCc1cc(NC(=O)Cn2nc3ccccn3c2=O)n[nH]1. The van der Waals surface area contributed by atoms with Crippen LogP contribution in [0.5, 0.6) is 0 Å². The molecule has 3 rings (SSSR count). The summed E-state index contributed by atoms with van der Waals surface area (Å²) < 4.78 is 2.51. The zero-order valence-electron chi connectivity index (χ0n) is 11.4. The fraction of sp³-hybridized carbons (Fsp3) is 0.231. The highest BCUT2D eigenvalue weighted by atomic mass is 16.2. The summed E-state index contributed by atoms with van der Waals surface area (Å²) in [5.74, 6) is 0.0864. The van der Waals surface area contributed by atoms with Crippen LogP contribution in [0.3, 0.4) is 0 Å². The lowest BCUT2D eigenvalue weighted by Gasteiger charge is -2.00. The average molecular weight is 286 g/mol. The number of anilines is 1. The van der Waals surface area contributed by atoms with Crippen molar-refractivity contribution in [1.29, 1.82) is 0 Å². The Labute approximate surface area is 119 Å². The maximum Gasteiger partial charge on any atom is 0.350 e. The van der Waals surface area contributed by atoms with Crippen LogP contribution in [-0.4, -0.2) is 30.3 Å². The number of rotatable bonds is 4. The molecule has 3 heterocycles. The van der Waals surface area contributed by atoms with Gasteiger partial charge in [0.1, 0.15) is 6.54 Å². The molecule has 0 saturated carbocycles. The molecule has 0 saturated heterocycles. The van der Waals surface area contributed by atoms with E-state index in [9.17, 15) is 9.59 Å². The van der Waals surface area contributed by atoms with Gasteiger partial charge in [-0.3, -0.25) is 14.3 Å². The van der Waals surface area contributed by atoms with Crippen molar-refractivity contribution in [3.05, 3.63) is 46.6 Å². The molecular weight excluding hydrogens is 272 g/mol. The van der Waals surface area contributed by atoms with E-state index in [4.69, 9.17) is 0 Å². The Morgan fingerprint density at radius 3 is 3.00 bits per heavy atom. The fourth-order valence-electron chi connectivity index (χ4n) is 2.00. The van der Waals surface area contributed by atoms with Crippen LogP contribution in [0.15, 0.2) is 35.3 Å². The monoisotopic (exact) mass is 286 g/mol. The van der Waals surface area contributed by atoms with Crippen molar-refractivity contribution in [2.45, 2.75) is 19.9 Å². The van der Waals surface area contributed by atoms with E-state index in [1.807, 2.05) is 6.92 Å². The second kappa shape index (κ2) is 5.23. The van der Waals surface area contributed by atoms with Crippen LogP contribution in [-0.2, 0) is 17.8 Å². The molecule has 8 nitrogen and oxygen atoms in total. The largest absolute Gasteiger partial charge is 0.350 e. The standard InChI is InChI=1S/C13H14N6O2/c1-2-9-7-10(16-15-9)14-12(20)8-19-13(21)18-6-4-3-5-11(18)17-19/h3-7H,2,8H2,1H3,(H2,14,15,16,20). The first-order valence-corrected chi connectivity index (χ1v) is 6.55. The van der Waals surface area contributed by atoms with Gasteiger partial charge in [-0.15, -0.1) is 5.10 Å². The summed E-state index contributed by atoms with van der Waals surface area (Å²) in [6.45, 7) is 1.82. The lowest BCUT2D eigenvalue weighted by Crippen LogP contribution is -2.28. The van der Waals surface area contributed by atoms with Gasteiger partial charge < -0.3 is 5.32 Å². The van der Waals surface area contributed by atoms with E-state index in [2.05, 4.69) is 20.6 Å². The minimum atomic E-state index is -0.352. The van der Waals surface area contributed by atoms with E-state index < -0.39 is 0 Å². The third kappa shape index (κ3) is 2.55. The molecule has 3 aromatic rings. The van der Waals surface area contributed by atoms with Crippen LogP contribution in [0, 0.1) is 0 Å². The zero-order valence-corrected chi connectivity index (χ0v) is 11.4. The number of pyridine rings is 1. The van der Waals surface area contributed by atoms with Crippen LogP contribution in [0.1, 0.15) is 12.6 Å². The summed E-state index contributed by atoms with van der Waals surface area (Å²) in [6.07, 6.45) is 2.41. The summed E-state index contributed by atoms with van der Waals surface area (Å²) in [5, 5.41) is 13.5. The number of hydrogen-bond acceptors (Lipinski definition) is 4.